The lowest BCUT2D eigenvalue weighted by Gasteiger charge is -2.18. The molecule has 1 fully saturated rings. The van der Waals surface area contributed by atoms with Crippen molar-refractivity contribution in [3.8, 4) is 11.5 Å². The van der Waals surface area contributed by atoms with E-state index in [1.165, 1.54) is 6.92 Å². The molecule has 2 heterocycles. The van der Waals surface area contributed by atoms with Crippen molar-refractivity contribution in [1.82, 2.24) is 5.32 Å². The molecule has 0 spiro atoms. The van der Waals surface area contributed by atoms with Crippen LogP contribution in [0.5, 0.6) is 11.5 Å². The Balaban J connectivity index is 1.37. The predicted octanol–water partition coefficient (Wildman–Crippen LogP) is 2.04. The SMILES string of the molecule is CC(=O)Nc1cccc(N2C[C@H](C(=O)NCc3ccc4c(c3)OCO4)CC2=O)c1. The van der Waals surface area contributed by atoms with E-state index in [2.05, 4.69) is 10.6 Å². The van der Waals surface area contributed by atoms with Crippen molar-refractivity contribution < 1.29 is 23.9 Å². The van der Waals surface area contributed by atoms with Crippen molar-refractivity contribution in [1.29, 1.82) is 0 Å². The van der Waals surface area contributed by atoms with Crippen molar-refractivity contribution in [3.63, 3.8) is 0 Å². The average molecular weight is 395 g/mol. The van der Waals surface area contributed by atoms with Crippen molar-refractivity contribution in [2.24, 2.45) is 5.92 Å². The molecule has 2 N–H and O–H groups in total. The van der Waals surface area contributed by atoms with Gasteiger partial charge in [0.1, 0.15) is 0 Å². The standard InChI is InChI=1S/C21H21N3O5/c1-13(25)23-16-3-2-4-17(9-16)24-11-15(8-20(24)26)21(27)22-10-14-5-6-18-19(7-14)29-12-28-18/h2-7,9,15H,8,10-12H2,1H3,(H,22,27)(H,23,25)/t15-/m1/s1. The summed E-state index contributed by atoms with van der Waals surface area (Å²) >= 11 is 0. The maximum absolute atomic E-state index is 12.6. The van der Waals surface area contributed by atoms with E-state index in [1.807, 2.05) is 18.2 Å². The lowest BCUT2D eigenvalue weighted by Crippen LogP contribution is -2.32. The third-order valence-corrected chi connectivity index (χ3v) is 4.88. The minimum absolute atomic E-state index is 0.117. The molecule has 0 bridgehead atoms. The maximum Gasteiger partial charge on any atom is 0.231 e. The van der Waals surface area contributed by atoms with Crippen LogP contribution in [0.1, 0.15) is 18.9 Å². The zero-order valence-corrected chi connectivity index (χ0v) is 15.9. The van der Waals surface area contributed by atoms with Gasteiger partial charge in [0.25, 0.3) is 0 Å². The normalized spacial score (nSPS) is 17.3. The summed E-state index contributed by atoms with van der Waals surface area (Å²) in [4.78, 5) is 37.9. The Morgan fingerprint density at radius 2 is 1.97 bits per heavy atom. The zero-order valence-electron chi connectivity index (χ0n) is 15.9. The average Bonchev–Trinajstić information content (AvgIpc) is 3.31. The van der Waals surface area contributed by atoms with Gasteiger partial charge in [0.15, 0.2) is 11.5 Å². The zero-order chi connectivity index (χ0) is 20.4. The van der Waals surface area contributed by atoms with Gasteiger partial charge in [-0.3, -0.25) is 14.4 Å². The van der Waals surface area contributed by atoms with E-state index in [9.17, 15) is 14.4 Å². The van der Waals surface area contributed by atoms with Crippen LogP contribution in [0.15, 0.2) is 42.5 Å². The van der Waals surface area contributed by atoms with Gasteiger partial charge in [-0.2, -0.15) is 0 Å². The molecule has 1 saturated heterocycles. The van der Waals surface area contributed by atoms with Gasteiger partial charge in [-0.25, -0.2) is 0 Å². The second-order valence-corrected chi connectivity index (χ2v) is 7.04. The van der Waals surface area contributed by atoms with Crippen LogP contribution in [-0.2, 0) is 20.9 Å². The number of anilines is 2. The van der Waals surface area contributed by atoms with Crippen LogP contribution < -0.4 is 25.0 Å². The molecule has 4 rings (SSSR count). The largest absolute Gasteiger partial charge is 0.454 e. The second-order valence-electron chi connectivity index (χ2n) is 7.04. The smallest absolute Gasteiger partial charge is 0.231 e. The van der Waals surface area contributed by atoms with Crippen molar-refractivity contribution in [2.75, 3.05) is 23.6 Å². The van der Waals surface area contributed by atoms with Crippen molar-refractivity contribution in [2.45, 2.75) is 19.9 Å². The first-order chi connectivity index (χ1) is 14.0. The summed E-state index contributed by atoms with van der Waals surface area (Å²) < 4.78 is 10.6. The Labute approximate surface area is 167 Å². The first kappa shape index (κ1) is 18.8. The molecule has 2 aliphatic rings. The van der Waals surface area contributed by atoms with Crippen LogP contribution in [0.2, 0.25) is 0 Å². The summed E-state index contributed by atoms with van der Waals surface area (Å²) in [6.45, 7) is 2.27. The number of hydrogen-bond acceptors (Lipinski definition) is 5. The topological polar surface area (TPSA) is 97.0 Å². The number of amides is 3. The number of fused-ring (bicyclic) bond motifs is 1. The highest BCUT2D eigenvalue weighted by atomic mass is 16.7. The maximum atomic E-state index is 12.6. The number of carbonyl (C=O) groups excluding carboxylic acids is 3. The third kappa shape index (κ3) is 4.16. The highest BCUT2D eigenvalue weighted by Crippen LogP contribution is 2.32. The lowest BCUT2D eigenvalue weighted by atomic mass is 10.1. The second kappa shape index (κ2) is 7.83. The van der Waals surface area contributed by atoms with E-state index < -0.39 is 5.92 Å². The summed E-state index contributed by atoms with van der Waals surface area (Å²) in [5.41, 5.74) is 2.16. The molecule has 2 aromatic carbocycles. The van der Waals surface area contributed by atoms with E-state index in [1.54, 1.807) is 29.2 Å². The van der Waals surface area contributed by atoms with Crippen LogP contribution in [-0.4, -0.2) is 31.1 Å². The molecule has 29 heavy (non-hydrogen) atoms. The summed E-state index contributed by atoms with van der Waals surface area (Å²) in [6, 6.07) is 12.5. The third-order valence-electron chi connectivity index (χ3n) is 4.88. The Bertz CT molecular complexity index is 975. The molecular weight excluding hydrogens is 374 g/mol. The number of nitrogens with zero attached hydrogens (tertiary/aromatic N) is 1. The molecular formula is C21H21N3O5. The monoisotopic (exact) mass is 395 g/mol. The number of hydrogen-bond donors (Lipinski definition) is 2. The Hall–Kier alpha value is -3.55. The number of nitrogens with one attached hydrogen (secondary N) is 2. The Morgan fingerprint density at radius 3 is 2.79 bits per heavy atom. The van der Waals surface area contributed by atoms with Crippen LogP contribution >= 0.6 is 0 Å². The van der Waals surface area contributed by atoms with Gasteiger partial charge in [-0.1, -0.05) is 12.1 Å². The number of rotatable bonds is 5. The molecule has 0 unspecified atom stereocenters. The number of carbonyl (C=O) groups is 3. The van der Waals surface area contributed by atoms with Crippen LogP contribution in [0, 0.1) is 5.92 Å². The Morgan fingerprint density at radius 1 is 1.14 bits per heavy atom. The van der Waals surface area contributed by atoms with Gasteiger partial charge in [-0.05, 0) is 35.9 Å². The minimum Gasteiger partial charge on any atom is -0.454 e. The first-order valence-corrected chi connectivity index (χ1v) is 9.34. The highest BCUT2D eigenvalue weighted by molar-refractivity contribution is 6.01. The summed E-state index contributed by atoms with van der Waals surface area (Å²) in [6.07, 6.45) is 0.150. The van der Waals surface area contributed by atoms with Gasteiger partial charge in [0.05, 0.1) is 5.92 Å². The predicted molar refractivity (Wildman–Crippen MR) is 106 cm³/mol. The Kier molecular flexibility index (Phi) is 5.07. The number of benzene rings is 2. The molecule has 8 heteroatoms. The van der Waals surface area contributed by atoms with Gasteiger partial charge in [0, 0.05) is 37.8 Å². The minimum atomic E-state index is -0.430. The van der Waals surface area contributed by atoms with Crippen molar-refractivity contribution >= 4 is 29.1 Å². The lowest BCUT2D eigenvalue weighted by molar-refractivity contribution is -0.126. The van der Waals surface area contributed by atoms with Gasteiger partial charge in [-0.15, -0.1) is 0 Å². The quantitative estimate of drug-likeness (QED) is 0.808. The molecule has 3 amide bonds. The van der Waals surface area contributed by atoms with E-state index in [0.29, 0.717) is 36.0 Å². The molecule has 1 atom stereocenters. The van der Waals surface area contributed by atoms with Crippen LogP contribution in [0.25, 0.3) is 0 Å². The van der Waals surface area contributed by atoms with Gasteiger partial charge >= 0.3 is 0 Å². The summed E-state index contributed by atoms with van der Waals surface area (Å²) in [7, 11) is 0. The van der Waals surface area contributed by atoms with Crippen LogP contribution in [0.4, 0.5) is 11.4 Å². The fourth-order valence-corrected chi connectivity index (χ4v) is 3.47. The van der Waals surface area contributed by atoms with E-state index in [-0.39, 0.29) is 30.9 Å². The molecule has 2 aliphatic heterocycles. The molecule has 2 aromatic rings. The van der Waals surface area contributed by atoms with E-state index in [4.69, 9.17) is 9.47 Å². The van der Waals surface area contributed by atoms with E-state index >= 15 is 0 Å². The molecule has 150 valence electrons. The van der Waals surface area contributed by atoms with Crippen LogP contribution in [0.3, 0.4) is 0 Å². The molecule has 0 aliphatic carbocycles. The van der Waals surface area contributed by atoms with Gasteiger partial charge < -0.3 is 25.0 Å². The summed E-state index contributed by atoms with van der Waals surface area (Å²) in [5, 5.41) is 5.59. The molecule has 0 aromatic heterocycles. The molecule has 8 nitrogen and oxygen atoms in total. The summed E-state index contributed by atoms with van der Waals surface area (Å²) in [5.74, 6) is 0.456. The van der Waals surface area contributed by atoms with Crippen molar-refractivity contribution in [3.05, 3.63) is 48.0 Å². The fraction of sp³-hybridized carbons (Fsp3) is 0.286. The van der Waals surface area contributed by atoms with E-state index in [0.717, 1.165) is 5.56 Å². The fourth-order valence-electron chi connectivity index (χ4n) is 3.47. The first-order valence-electron chi connectivity index (χ1n) is 9.34. The molecule has 0 saturated carbocycles. The van der Waals surface area contributed by atoms with Gasteiger partial charge in [0.2, 0.25) is 24.5 Å². The molecule has 0 radical (unpaired) electrons. The highest BCUT2D eigenvalue weighted by Gasteiger charge is 2.35. The number of ether oxygens (including phenoxy) is 2.